The summed E-state index contributed by atoms with van der Waals surface area (Å²) in [5.74, 6) is -0.537. The van der Waals surface area contributed by atoms with E-state index in [9.17, 15) is 9.50 Å². The molecule has 0 aromatic carbocycles. The summed E-state index contributed by atoms with van der Waals surface area (Å²) in [5, 5.41) is 13.5. The Labute approximate surface area is 88.3 Å². The quantitative estimate of drug-likeness (QED) is 0.684. The van der Waals surface area contributed by atoms with Crippen LogP contribution >= 0.6 is 0 Å². The third-order valence-electron chi connectivity index (χ3n) is 2.80. The zero-order valence-electron chi connectivity index (χ0n) is 8.54. The lowest BCUT2D eigenvalue weighted by molar-refractivity contribution is 0.0276. The molecule has 0 aliphatic carbocycles. The van der Waals surface area contributed by atoms with E-state index in [0.29, 0.717) is 18.7 Å². The van der Waals surface area contributed by atoms with Crippen molar-refractivity contribution in [2.75, 3.05) is 13.1 Å². The molecule has 0 amide bonds. The molecular formula is C11H15FN2O. The molecule has 1 unspecified atom stereocenters. The third kappa shape index (κ3) is 2.33. The SMILES string of the molecule is OC1(c2cccc(F)n2)CCCCNC1. The van der Waals surface area contributed by atoms with Crippen molar-refractivity contribution in [1.82, 2.24) is 10.3 Å². The number of β-amino-alcohol motifs (C(OH)–C–C–N with tert-alkyl or cyclic N) is 1. The Morgan fingerprint density at radius 3 is 3.07 bits per heavy atom. The summed E-state index contributed by atoms with van der Waals surface area (Å²) in [6.07, 6.45) is 2.61. The lowest BCUT2D eigenvalue weighted by atomic mass is 9.93. The lowest BCUT2D eigenvalue weighted by Crippen LogP contribution is -2.37. The molecule has 4 heteroatoms. The number of nitrogens with one attached hydrogen (secondary N) is 1. The monoisotopic (exact) mass is 210 g/mol. The fourth-order valence-corrected chi connectivity index (χ4v) is 1.94. The predicted molar refractivity (Wildman–Crippen MR) is 54.8 cm³/mol. The highest BCUT2D eigenvalue weighted by Crippen LogP contribution is 2.26. The second kappa shape index (κ2) is 4.24. The van der Waals surface area contributed by atoms with Crippen molar-refractivity contribution in [3.8, 4) is 0 Å². The van der Waals surface area contributed by atoms with Gasteiger partial charge in [0.2, 0.25) is 5.95 Å². The summed E-state index contributed by atoms with van der Waals surface area (Å²) < 4.78 is 13.0. The Hall–Kier alpha value is -1.00. The number of aliphatic hydroxyl groups is 1. The summed E-state index contributed by atoms with van der Waals surface area (Å²) >= 11 is 0. The van der Waals surface area contributed by atoms with Gasteiger partial charge in [0.05, 0.1) is 5.69 Å². The molecule has 1 aliphatic heterocycles. The molecule has 2 rings (SSSR count). The van der Waals surface area contributed by atoms with Crippen molar-refractivity contribution >= 4 is 0 Å². The molecule has 0 spiro atoms. The van der Waals surface area contributed by atoms with Crippen LogP contribution in [0.25, 0.3) is 0 Å². The number of hydrogen-bond donors (Lipinski definition) is 2. The molecule has 1 saturated heterocycles. The molecule has 1 aromatic heterocycles. The Balaban J connectivity index is 2.26. The number of pyridine rings is 1. The number of halogens is 1. The summed E-state index contributed by atoms with van der Waals surface area (Å²) in [6, 6.07) is 4.55. The Kier molecular flexibility index (Phi) is 2.98. The number of hydrogen-bond acceptors (Lipinski definition) is 3. The Morgan fingerprint density at radius 1 is 1.40 bits per heavy atom. The standard InChI is InChI=1S/C11H15FN2O/c12-10-5-3-4-9(14-10)11(15)6-1-2-7-13-8-11/h3-5,13,15H,1-2,6-8H2. The first-order chi connectivity index (χ1) is 7.21. The molecule has 2 N–H and O–H groups in total. The van der Waals surface area contributed by atoms with E-state index in [0.717, 1.165) is 19.4 Å². The second-order valence-electron chi connectivity index (χ2n) is 4.01. The molecule has 1 fully saturated rings. The van der Waals surface area contributed by atoms with E-state index in [1.807, 2.05) is 0 Å². The van der Waals surface area contributed by atoms with Gasteiger partial charge < -0.3 is 10.4 Å². The van der Waals surface area contributed by atoms with Gasteiger partial charge in [-0.2, -0.15) is 4.39 Å². The Morgan fingerprint density at radius 2 is 2.27 bits per heavy atom. The van der Waals surface area contributed by atoms with Crippen molar-refractivity contribution < 1.29 is 9.50 Å². The van der Waals surface area contributed by atoms with Gasteiger partial charge >= 0.3 is 0 Å². The smallest absolute Gasteiger partial charge is 0.213 e. The molecule has 15 heavy (non-hydrogen) atoms. The van der Waals surface area contributed by atoms with E-state index >= 15 is 0 Å². The van der Waals surface area contributed by atoms with Crippen LogP contribution in [0.5, 0.6) is 0 Å². The molecule has 0 saturated carbocycles. The van der Waals surface area contributed by atoms with Crippen LogP contribution in [0.3, 0.4) is 0 Å². The van der Waals surface area contributed by atoms with Crippen molar-refractivity contribution in [1.29, 1.82) is 0 Å². The van der Waals surface area contributed by atoms with Gasteiger partial charge in [0, 0.05) is 6.54 Å². The maximum atomic E-state index is 13.0. The molecule has 1 atom stereocenters. The van der Waals surface area contributed by atoms with Gasteiger partial charge in [-0.15, -0.1) is 0 Å². The maximum Gasteiger partial charge on any atom is 0.213 e. The minimum atomic E-state index is -1.02. The van der Waals surface area contributed by atoms with Gasteiger partial charge in [0.15, 0.2) is 0 Å². The highest BCUT2D eigenvalue weighted by atomic mass is 19.1. The largest absolute Gasteiger partial charge is 0.382 e. The zero-order valence-corrected chi connectivity index (χ0v) is 8.54. The third-order valence-corrected chi connectivity index (χ3v) is 2.80. The summed E-state index contributed by atoms with van der Waals surface area (Å²) in [6.45, 7) is 1.35. The van der Waals surface area contributed by atoms with Crippen LogP contribution in [-0.2, 0) is 5.60 Å². The van der Waals surface area contributed by atoms with Crippen molar-refractivity contribution in [2.45, 2.75) is 24.9 Å². The van der Waals surface area contributed by atoms with Gasteiger partial charge in [-0.3, -0.25) is 0 Å². The van der Waals surface area contributed by atoms with E-state index in [-0.39, 0.29) is 0 Å². The normalized spacial score (nSPS) is 27.3. The minimum Gasteiger partial charge on any atom is -0.382 e. The summed E-state index contributed by atoms with van der Waals surface area (Å²) in [5.41, 5.74) is -0.588. The molecule has 1 aliphatic rings. The van der Waals surface area contributed by atoms with Crippen LogP contribution in [-0.4, -0.2) is 23.2 Å². The fraction of sp³-hybridized carbons (Fsp3) is 0.545. The lowest BCUT2D eigenvalue weighted by Gasteiger charge is -2.25. The predicted octanol–water partition coefficient (Wildman–Crippen LogP) is 1.18. The van der Waals surface area contributed by atoms with Crippen LogP contribution < -0.4 is 5.32 Å². The van der Waals surface area contributed by atoms with E-state index < -0.39 is 11.5 Å². The van der Waals surface area contributed by atoms with E-state index in [1.165, 1.54) is 6.07 Å². The van der Waals surface area contributed by atoms with E-state index in [1.54, 1.807) is 12.1 Å². The van der Waals surface area contributed by atoms with Crippen molar-refractivity contribution in [2.24, 2.45) is 0 Å². The van der Waals surface area contributed by atoms with Crippen LogP contribution in [0.15, 0.2) is 18.2 Å². The zero-order chi connectivity index (χ0) is 10.7. The van der Waals surface area contributed by atoms with Crippen LogP contribution in [0.4, 0.5) is 4.39 Å². The van der Waals surface area contributed by atoms with Gasteiger partial charge in [-0.05, 0) is 37.9 Å². The molecule has 0 bridgehead atoms. The van der Waals surface area contributed by atoms with Crippen molar-refractivity contribution in [3.63, 3.8) is 0 Å². The highest BCUT2D eigenvalue weighted by molar-refractivity contribution is 5.14. The number of rotatable bonds is 1. The molecule has 1 aromatic rings. The fourth-order valence-electron chi connectivity index (χ4n) is 1.94. The minimum absolute atomic E-state index is 0.428. The van der Waals surface area contributed by atoms with Crippen molar-refractivity contribution in [3.05, 3.63) is 29.8 Å². The first-order valence-electron chi connectivity index (χ1n) is 5.27. The summed E-state index contributed by atoms with van der Waals surface area (Å²) in [7, 11) is 0. The Bertz CT molecular complexity index is 335. The van der Waals surface area contributed by atoms with E-state index in [4.69, 9.17) is 0 Å². The van der Waals surface area contributed by atoms with Crippen LogP contribution in [0.2, 0.25) is 0 Å². The van der Waals surface area contributed by atoms with Crippen LogP contribution in [0.1, 0.15) is 25.0 Å². The second-order valence-corrected chi connectivity index (χ2v) is 4.01. The highest BCUT2D eigenvalue weighted by Gasteiger charge is 2.31. The van der Waals surface area contributed by atoms with Gasteiger partial charge in [0.1, 0.15) is 5.60 Å². The van der Waals surface area contributed by atoms with Crippen LogP contribution in [0, 0.1) is 5.95 Å². The first-order valence-corrected chi connectivity index (χ1v) is 5.27. The molecular weight excluding hydrogens is 195 g/mol. The van der Waals surface area contributed by atoms with Gasteiger partial charge in [0.25, 0.3) is 0 Å². The molecule has 2 heterocycles. The van der Waals surface area contributed by atoms with Gasteiger partial charge in [-0.25, -0.2) is 4.98 Å². The molecule has 3 nitrogen and oxygen atoms in total. The first kappa shape index (κ1) is 10.5. The number of nitrogens with zero attached hydrogens (tertiary/aromatic N) is 1. The topological polar surface area (TPSA) is 45.2 Å². The van der Waals surface area contributed by atoms with Gasteiger partial charge in [-0.1, -0.05) is 6.07 Å². The maximum absolute atomic E-state index is 13.0. The average molecular weight is 210 g/mol. The average Bonchev–Trinajstić information content (AvgIpc) is 2.44. The molecule has 0 radical (unpaired) electrons. The van der Waals surface area contributed by atoms with E-state index in [2.05, 4.69) is 10.3 Å². The number of aromatic nitrogens is 1. The summed E-state index contributed by atoms with van der Waals surface area (Å²) in [4.78, 5) is 3.75. The molecule has 82 valence electrons.